The van der Waals surface area contributed by atoms with Crippen molar-refractivity contribution in [3.63, 3.8) is 0 Å². The zero-order valence-electron chi connectivity index (χ0n) is 11.9. The lowest BCUT2D eigenvalue weighted by atomic mass is 10.0. The van der Waals surface area contributed by atoms with Crippen molar-refractivity contribution in [1.29, 1.82) is 0 Å². The van der Waals surface area contributed by atoms with Gasteiger partial charge in [0.2, 0.25) is 5.91 Å². The van der Waals surface area contributed by atoms with E-state index < -0.39 is 4.92 Å². The first-order valence-corrected chi connectivity index (χ1v) is 6.78. The molecule has 0 aromatic heterocycles. The molecule has 7 heteroatoms. The fourth-order valence-electron chi connectivity index (χ4n) is 2.51. The number of amides is 1. The number of hydrogen-bond donors (Lipinski definition) is 1. The fourth-order valence-corrected chi connectivity index (χ4v) is 2.51. The van der Waals surface area contributed by atoms with Crippen LogP contribution in [0, 0.1) is 10.1 Å². The van der Waals surface area contributed by atoms with E-state index in [1.165, 1.54) is 12.1 Å². The van der Waals surface area contributed by atoms with E-state index in [4.69, 9.17) is 0 Å². The average Bonchev–Trinajstić information content (AvgIpc) is 2.47. The Labute approximate surface area is 130 Å². The number of carbonyl (C=O) groups excluding carboxylic acids is 1. The molecule has 1 saturated heterocycles. The van der Waals surface area contributed by atoms with Crippen LogP contribution in [0.4, 0.5) is 5.69 Å². The van der Waals surface area contributed by atoms with E-state index >= 15 is 0 Å². The van der Waals surface area contributed by atoms with Crippen molar-refractivity contribution < 1.29 is 9.72 Å². The number of nitro benzene ring substituents is 1. The van der Waals surface area contributed by atoms with Gasteiger partial charge in [0.15, 0.2) is 0 Å². The number of hydrogen-bond acceptors (Lipinski definition) is 4. The van der Waals surface area contributed by atoms with Crippen LogP contribution in [0.3, 0.4) is 0 Å². The van der Waals surface area contributed by atoms with E-state index in [0.29, 0.717) is 18.2 Å². The predicted octanol–water partition coefficient (Wildman–Crippen LogP) is 1.77. The molecular formula is C14H20ClN3O3. The van der Waals surface area contributed by atoms with Gasteiger partial charge in [0.25, 0.3) is 5.69 Å². The third-order valence-electron chi connectivity index (χ3n) is 3.66. The van der Waals surface area contributed by atoms with Gasteiger partial charge in [-0.2, -0.15) is 0 Å². The van der Waals surface area contributed by atoms with Crippen LogP contribution in [0.15, 0.2) is 24.3 Å². The maximum atomic E-state index is 12.2. The molecule has 0 aliphatic carbocycles. The molecule has 1 fully saturated rings. The number of nitrogens with one attached hydrogen (secondary N) is 1. The summed E-state index contributed by atoms with van der Waals surface area (Å²) in [6.07, 6.45) is 2.29. The molecule has 1 atom stereocenters. The molecule has 1 heterocycles. The van der Waals surface area contributed by atoms with E-state index in [0.717, 1.165) is 19.4 Å². The van der Waals surface area contributed by atoms with Gasteiger partial charge in [0.05, 0.1) is 11.3 Å². The van der Waals surface area contributed by atoms with Gasteiger partial charge in [0.1, 0.15) is 0 Å². The number of carbonyl (C=O) groups is 1. The number of nitro groups is 1. The molecule has 1 aliphatic rings. The fraction of sp³-hybridized carbons (Fsp3) is 0.500. The number of halogens is 1. The molecule has 0 saturated carbocycles. The summed E-state index contributed by atoms with van der Waals surface area (Å²) >= 11 is 0. The summed E-state index contributed by atoms with van der Waals surface area (Å²) in [6.45, 7) is 1.48. The number of likely N-dealkylation sites (N-methyl/N-ethyl adjacent to an activating group) is 1. The zero-order chi connectivity index (χ0) is 14.5. The Hall–Kier alpha value is -1.66. The van der Waals surface area contributed by atoms with Gasteiger partial charge < -0.3 is 10.2 Å². The van der Waals surface area contributed by atoms with Crippen LogP contribution in [0.1, 0.15) is 18.4 Å². The van der Waals surface area contributed by atoms with E-state index in [1.807, 2.05) is 11.9 Å². The monoisotopic (exact) mass is 313 g/mol. The second-order valence-corrected chi connectivity index (χ2v) is 5.07. The van der Waals surface area contributed by atoms with Crippen LogP contribution < -0.4 is 5.32 Å². The van der Waals surface area contributed by atoms with E-state index in [2.05, 4.69) is 5.32 Å². The first-order chi connectivity index (χ1) is 9.60. The molecule has 2 rings (SSSR count). The summed E-state index contributed by atoms with van der Waals surface area (Å²) in [7, 11) is 1.90. The molecule has 1 N–H and O–H groups in total. The van der Waals surface area contributed by atoms with Crippen molar-refractivity contribution in [2.75, 3.05) is 20.1 Å². The molecule has 0 spiro atoms. The Balaban J connectivity index is 0.00000220. The molecule has 1 amide bonds. The van der Waals surface area contributed by atoms with Crippen molar-refractivity contribution in [3.8, 4) is 0 Å². The number of likely N-dealkylation sites (tertiary alicyclic amines) is 1. The third-order valence-corrected chi connectivity index (χ3v) is 3.66. The Morgan fingerprint density at radius 3 is 2.95 bits per heavy atom. The summed E-state index contributed by atoms with van der Waals surface area (Å²) in [6, 6.07) is 6.62. The highest BCUT2D eigenvalue weighted by Crippen LogP contribution is 2.16. The van der Waals surface area contributed by atoms with Gasteiger partial charge in [-0.3, -0.25) is 14.9 Å². The third kappa shape index (κ3) is 4.68. The van der Waals surface area contributed by atoms with Crippen LogP contribution in [-0.2, 0) is 11.2 Å². The molecule has 0 bridgehead atoms. The van der Waals surface area contributed by atoms with Crippen molar-refractivity contribution in [2.24, 2.45) is 0 Å². The first kappa shape index (κ1) is 17.4. The summed E-state index contributed by atoms with van der Waals surface area (Å²) in [5, 5.41) is 13.9. The number of non-ortho nitro benzene ring substituents is 1. The lowest BCUT2D eigenvalue weighted by Gasteiger charge is -2.32. The Kier molecular flexibility index (Phi) is 6.58. The number of benzene rings is 1. The minimum atomic E-state index is -0.439. The van der Waals surface area contributed by atoms with Crippen molar-refractivity contribution in [3.05, 3.63) is 39.9 Å². The Morgan fingerprint density at radius 2 is 2.29 bits per heavy atom. The maximum absolute atomic E-state index is 12.2. The highest BCUT2D eigenvalue weighted by Gasteiger charge is 2.22. The quantitative estimate of drug-likeness (QED) is 0.679. The average molecular weight is 314 g/mol. The van der Waals surface area contributed by atoms with Gasteiger partial charge in [-0.15, -0.1) is 12.4 Å². The molecule has 1 aromatic rings. The van der Waals surface area contributed by atoms with Crippen LogP contribution >= 0.6 is 12.4 Å². The Morgan fingerprint density at radius 1 is 1.52 bits per heavy atom. The number of nitrogens with zero attached hydrogens (tertiary/aromatic N) is 2. The Bertz CT molecular complexity index is 510. The van der Waals surface area contributed by atoms with Crippen LogP contribution in [0.2, 0.25) is 0 Å². The molecule has 1 unspecified atom stereocenters. The molecular weight excluding hydrogens is 294 g/mol. The second kappa shape index (κ2) is 7.95. The van der Waals surface area contributed by atoms with Crippen LogP contribution in [-0.4, -0.2) is 41.9 Å². The zero-order valence-corrected chi connectivity index (χ0v) is 12.8. The SMILES string of the molecule is CNC1CCCN(C(=O)Cc2cccc([N+](=O)[O-])c2)C1.Cl. The van der Waals surface area contributed by atoms with Gasteiger partial charge >= 0.3 is 0 Å². The highest BCUT2D eigenvalue weighted by atomic mass is 35.5. The first-order valence-electron chi connectivity index (χ1n) is 6.78. The topological polar surface area (TPSA) is 75.5 Å². The van der Waals surface area contributed by atoms with Crippen molar-refractivity contribution in [2.45, 2.75) is 25.3 Å². The van der Waals surface area contributed by atoms with E-state index in [9.17, 15) is 14.9 Å². The number of rotatable bonds is 4. The smallest absolute Gasteiger partial charge is 0.269 e. The normalized spacial score (nSPS) is 18.0. The molecule has 1 aromatic carbocycles. The summed E-state index contributed by atoms with van der Waals surface area (Å²) < 4.78 is 0. The summed E-state index contributed by atoms with van der Waals surface area (Å²) in [4.78, 5) is 24.4. The second-order valence-electron chi connectivity index (χ2n) is 5.07. The number of piperidine rings is 1. The van der Waals surface area contributed by atoms with E-state index in [1.54, 1.807) is 12.1 Å². The highest BCUT2D eigenvalue weighted by molar-refractivity contribution is 5.85. The van der Waals surface area contributed by atoms with Crippen LogP contribution in [0.5, 0.6) is 0 Å². The molecule has 0 radical (unpaired) electrons. The van der Waals surface area contributed by atoms with Gasteiger partial charge in [-0.05, 0) is 25.5 Å². The lowest BCUT2D eigenvalue weighted by molar-refractivity contribution is -0.384. The van der Waals surface area contributed by atoms with Crippen molar-refractivity contribution >= 4 is 24.0 Å². The minimum Gasteiger partial charge on any atom is -0.341 e. The predicted molar refractivity (Wildman–Crippen MR) is 82.7 cm³/mol. The lowest BCUT2D eigenvalue weighted by Crippen LogP contribution is -2.47. The van der Waals surface area contributed by atoms with Crippen LogP contribution in [0.25, 0.3) is 0 Å². The van der Waals surface area contributed by atoms with Gasteiger partial charge in [0, 0.05) is 31.3 Å². The van der Waals surface area contributed by atoms with Crippen molar-refractivity contribution in [1.82, 2.24) is 10.2 Å². The minimum absolute atomic E-state index is 0. The molecule has 116 valence electrons. The largest absolute Gasteiger partial charge is 0.341 e. The summed E-state index contributed by atoms with van der Waals surface area (Å²) in [5.74, 6) is 0.0328. The molecule has 6 nitrogen and oxygen atoms in total. The van der Waals surface area contributed by atoms with Gasteiger partial charge in [-0.25, -0.2) is 0 Å². The standard InChI is InChI=1S/C14H19N3O3.ClH/c1-15-12-5-3-7-16(10-12)14(18)9-11-4-2-6-13(8-11)17(19)20;/h2,4,6,8,12,15H,3,5,7,9-10H2,1H3;1H. The molecule has 1 aliphatic heterocycles. The maximum Gasteiger partial charge on any atom is 0.269 e. The van der Waals surface area contributed by atoms with E-state index in [-0.39, 0.29) is 30.4 Å². The van der Waals surface area contributed by atoms with Gasteiger partial charge in [-0.1, -0.05) is 12.1 Å². The summed E-state index contributed by atoms with van der Waals surface area (Å²) in [5.41, 5.74) is 0.720. The molecule has 21 heavy (non-hydrogen) atoms.